The van der Waals surface area contributed by atoms with Gasteiger partial charge in [0.1, 0.15) is 6.17 Å². The second-order valence-corrected chi connectivity index (χ2v) is 4.60. The molecule has 0 spiro atoms. The van der Waals surface area contributed by atoms with Gasteiger partial charge in [-0.2, -0.15) is 0 Å². The van der Waals surface area contributed by atoms with Crippen LogP contribution in [0.3, 0.4) is 0 Å². The van der Waals surface area contributed by atoms with Crippen LogP contribution in [0.4, 0.5) is 4.39 Å². The average Bonchev–Trinajstić information content (AvgIpc) is 2.29. The average molecular weight is 175 g/mol. The molecule has 0 aromatic heterocycles. The van der Waals surface area contributed by atoms with Crippen molar-refractivity contribution in [3.8, 4) is 0 Å². The molecule has 2 nitrogen and oxygen atoms in total. The molecule has 1 heterocycles. The van der Waals surface area contributed by atoms with Gasteiger partial charge in [0.05, 0.1) is 19.3 Å². The lowest BCUT2D eigenvalue weighted by Crippen LogP contribution is -2.41. The summed E-state index contributed by atoms with van der Waals surface area (Å²) in [6, 6.07) is -0.0933. The second-order valence-electron chi connectivity index (χ2n) is 4.60. The first-order chi connectivity index (χ1) is 5.49. The first-order valence-corrected chi connectivity index (χ1v) is 4.44. The van der Waals surface area contributed by atoms with Crippen molar-refractivity contribution >= 4 is 0 Å². The van der Waals surface area contributed by atoms with Crippen molar-refractivity contribution in [2.45, 2.75) is 33.0 Å². The standard InChI is InChI=1S/C9H18FNO/c1-9(2,3)6-11-8-5-12-4-7(8)10/h7-8,11H,4-6H2,1-3H3/t7-,8+/m0/s1. The molecule has 0 amide bonds. The van der Waals surface area contributed by atoms with E-state index in [0.717, 1.165) is 6.54 Å². The van der Waals surface area contributed by atoms with Crippen LogP contribution in [0.1, 0.15) is 20.8 Å². The topological polar surface area (TPSA) is 21.3 Å². The van der Waals surface area contributed by atoms with Crippen LogP contribution in [0.15, 0.2) is 0 Å². The van der Waals surface area contributed by atoms with E-state index in [2.05, 4.69) is 26.1 Å². The van der Waals surface area contributed by atoms with Crippen molar-refractivity contribution in [2.75, 3.05) is 19.8 Å². The number of halogens is 1. The molecule has 0 bridgehead atoms. The SMILES string of the molecule is CC(C)(C)CN[C@@H]1COC[C@@H]1F. The lowest BCUT2D eigenvalue weighted by molar-refractivity contribution is 0.172. The largest absolute Gasteiger partial charge is 0.377 e. The quantitative estimate of drug-likeness (QED) is 0.684. The van der Waals surface area contributed by atoms with Gasteiger partial charge < -0.3 is 10.1 Å². The zero-order valence-corrected chi connectivity index (χ0v) is 8.06. The fourth-order valence-electron chi connectivity index (χ4n) is 1.15. The van der Waals surface area contributed by atoms with Crippen molar-refractivity contribution < 1.29 is 9.13 Å². The molecule has 0 aromatic rings. The monoisotopic (exact) mass is 175 g/mol. The first-order valence-electron chi connectivity index (χ1n) is 4.44. The van der Waals surface area contributed by atoms with Gasteiger partial charge in [0, 0.05) is 6.54 Å². The van der Waals surface area contributed by atoms with Crippen molar-refractivity contribution in [3.63, 3.8) is 0 Å². The van der Waals surface area contributed by atoms with Crippen molar-refractivity contribution in [2.24, 2.45) is 5.41 Å². The molecule has 72 valence electrons. The lowest BCUT2D eigenvalue weighted by Gasteiger charge is -2.22. The molecule has 0 unspecified atom stereocenters. The first kappa shape index (κ1) is 9.93. The summed E-state index contributed by atoms with van der Waals surface area (Å²) in [5, 5.41) is 3.17. The molecule has 2 atom stereocenters. The van der Waals surface area contributed by atoms with Crippen LogP contribution in [0.2, 0.25) is 0 Å². The maximum atomic E-state index is 13.0. The van der Waals surface area contributed by atoms with Crippen LogP contribution in [-0.4, -0.2) is 32.0 Å². The highest BCUT2D eigenvalue weighted by atomic mass is 19.1. The van der Waals surface area contributed by atoms with E-state index in [1.807, 2.05) is 0 Å². The normalized spacial score (nSPS) is 31.0. The summed E-state index contributed by atoms with van der Waals surface area (Å²) in [5.74, 6) is 0. The van der Waals surface area contributed by atoms with Gasteiger partial charge in [0.25, 0.3) is 0 Å². The van der Waals surface area contributed by atoms with Gasteiger partial charge in [0.2, 0.25) is 0 Å². The molecule has 12 heavy (non-hydrogen) atoms. The van der Waals surface area contributed by atoms with Crippen LogP contribution < -0.4 is 5.32 Å². The molecular formula is C9H18FNO. The summed E-state index contributed by atoms with van der Waals surface area (Å²) in [6.07, 6.45) is -0.827. The molecule has 0 aromatic carbocycles. The fraction of sp³-hybridized carbons (Fsp3) is 1.00. The van der Waals surface area contributed by atoms with E-state index in [1.165, 1.54) is 0 Å². The van der Waals surface area contributed by atoms with E-state index >= 15 is 0 Å². The number of ether oxygens (including phenoxy) is 1. The van der Waals surface area contributed by atoms with E-state index in [9.17, 15) is 4.39 Å². The minimum atomic E-state index is -0.827. The van der Waals surface area contributed by atoms with Crippen LogP contribution in [-0.2, 0) is 4.74 Å². The number of rotatable bonds is 2. The minimum Gasteiger partial charge on any atom is -0.377 e. The zero-order valence-electron chi connectivity index (χ0n) is 8.06. The van der Waals surface area contributed by atoms with E-state index in [-0.39, 0.29) is 18.1 Å². The Labute approximate surface area is 73.5 Å². The van der Waals surface area contributed by atoms with Gasteiger partial charge >= 0.3 is 0 Å². The number of alkyl halides is 1. The molecule has 1 rings (SSSR count). The van der Waals surface area contributed by atoms with Gasteiger partial charge in [0.15, 0.2) is 0 Å². The highest BCUT2D eigenvalue weighted by Crippen LogP contribution is 2.14. The summed E-state index contributed by atoms with van der Waals surface area (Å²) in [6.45, 7) is 7.98. The van der Waals surface area contributed by atoms with Crippen LogP contribution in [0, 0.1) is 5.41 Å². The van der Waals surface area contributed by atoms with Gasteiger partial charge in [-0.15, -0.1) is 0 Å². The molecule has 1 aliphatic heterocycles. The summed E-state index contributed by atoms with van der Waals surface area (Å²) in [5.41, 5.74) is 0.211. The maximum Gasteiger partial charge on any atom is 0.141 e. The second kappa shape index (κ2) is 3.71. The minimum absolute atomic E-state index is 0.0933. The molecule has 1 aliphatic rings. The Balaban J connectivity index is 2.23. The Hall–Kier alpha value is -0.150. The van der Waals surface area contributed by atoms with Gasteiger partial charge in [-0.05, 0) is 5.41 Å². The maximum absolute atomic E-state index is 13.0. The summed E-state index contributed by atoms with van der Waals surface area (Å²) in [7, 11) is 0. The molecule has 0 radical (unpaired) electrons. The Morgan fingerprint density at radius 3 is 2.50 bits per heavy atom. The van der Waals surface area contributed by atoms with E-state index in [4.69, 9.17) is 4.74 Å². The third kappa shape index (κ3) is 3.07. The van der Waals surface area contributed by atoms with Crippen molar-refractivity contribution in [1.82, 2.24) is 5.32 Å². The third-order valence-corrected chi connectivity index (χ3v) is 1.91. The van der Waals surface area contributed by atoms with Crippen LogP contribution >= 0.6 is 0 Å². The highest BCUT2D eigenvalue weighted by Gasteiger charge is 2.28. The molecule has 0 aliphatic carbocycles. The van der Waals surface area contributed by atoms with Gasteiger partial charge in [-0.3, -0.25) is 0 Å². The van der Waals surface area contributed by atoms with Crippen molar-refractivity contribution in [3.05, 3.63) is 0 Å². The summed E-state index contributed by atoms with van der Waals surface area (Å²) < 4.78 is 18.0. The van der Waals surface area contributed by atoms with E-state index in [0.29, 0.717) is 6.61 Å². The fourth-order valence-corrected chi connectivity index (χ4v) is 1.15. The van der Waals surface area contributed by atoms with Crippen molar-refractivity contribution in [1.29, 1.82) is 0 Å². The zero-order chi connectivity index (χ0) is 9.19. The van der Waals surface area contributed by atoms with Crippen LogP contribution in [0.25, 0.3) is 0 Å². The lowest BCUT2D eigenvalue weighted by atomic mass is 9.96. The molecule has 0 saturated carbocycles. The van der Waals surface area contributed by atoms with Gasteiger partial charge in [-0.1, -0.05) is 20.8 Å². The predicted molar refractivity (Wildman–Crippen MR) is 47.0 cm³/mol. The number of hydrogen-bond acceptors (Lipinski definition) is 2. The summed E-state index contributed by atoms with van der Waals surface area (Å²) >= 11 is 0. The number of hydrogen-bond donors (Lipinski definition) is 1. The molecule has 1 saturated heterocycles. The van der Waals surface area contributed by atoms with Crippen LogP contribution in [0.5, 0.6) is 0 Å². The Bertz CT molecular complexity index is 144. The molecular weight excluding hydrogens is 157 g/mol. The molecule has 1 N–H and O–H groups in total. The highest BCUT2D eigenvalue weighted by molar-refractivity contribution is 4.82. The Morgan fingerprint density at radius 1 is 1.42 bits per heavy atom. The Kier molecular flexibility index (Phi) is 3.07. The summed E-state index contributed by atoms with van der Waals surface area (Å²) in [4.78, 5) is 0. The molecule has 1 fully saturated rings. The molecule has 3 heteroatoms. The van der Waals surface area contributed by atoms with E-state index < -0.39 is 6.17 Å². The van der Waals surface area contributed by atoms with Gasteiger partial charge in [-0.25, -0.2) is 4.39 Å². The predicted octanol–water partition coefficient (Wildman–Crippen LogP) is 1.36. The smallest absolute Gasteiger partial charge is 0.141 e. The third-order valence-electron chi connectivity index (χ3n) is 1.91. The Morgan fingerprint density at radius 2 is 2.08 bits per heavy atom. The number of nitrogens with one attached hydrogen (secondary N) is 1. The van der Waals surface area contributed by atoms with E-state index in [1.54, 1.807) is 0 Å².